The lowest BCUT2D eigenvalue weighted by Gasteiger charge is -2.32. The Kier molecular flexibility index (Phi) is 5.36. The van der Waals surface area contributed by atoms with Gasteiger partial charge < -0.3 is 10.2 Å². The molecule has 1 saturated heterocycles. The monoisotopic (exact) mass is 378 g/mol. The van der Waals surface area contributed by atoms with Gasteiger partial charge >= 0.3 is 0 Å². The van der Waals surface area contributed by atoms with E-state index in [0.29, 0.717) is 6.42 Å². The maximum Gasteiger partial charge on any atom is 0.223 e. The molecule has 2 amide bonds. The average molecular weight is 379 g/mol. The van der Waals surface area contributed by atoms with Crippen LogP contribution in [0.3, 0.4) is 0 Å². The number of piperidine rings is 1. The van der Waals surface area contributed by atoms with Gasteiger partial charge in [0.15, 0.2) is 0 Å². The molecule has 23 heavy (non-hydrogen) atoms. The van der Waals surface area contributed by atoms with Gasteiger partial charge in [-0.2, -0.15) is 0 Å². The minimum Gasteiger partial charge on any atom is -0.353 e. The smallest absolute Gasteiger partial charge is 0.223 e. The van der Waals surface area contributed by atoms with E-state index in [1.165, 1.54) is 5.56 Å². The molecule has 0 bridgehead atoms. The number of hydrogen-bond donors (Lipinski definition) is 1. The molecule has 1 N–H and O–H groups in total. The summed E-state index contributed by atoms with van der Waals surface area (Å²) in [5.74, 6) is 0.690. The second-order valence-corrected chi connectivity index (χ2v) is 7.38. The highest BCUT2D eigenvalue weighted by atomic mass is 79.9. The lowest BCUT2D eigenvalue weighted by atomic mass is 10.0. The van der Waals surface area contributed by atoms with Crippen LogP contribution in [0.15, 0.2) is 28.7 Å². The molecule has 0 atom stereocenters. The second kappa shape index (κ2) is 7.47. The van der Waals surface area contributed by atoms with Gasteiger partial charge in [0.05, 0.1) is 0 Å². The van der Waals surface area contributed by atoms with Crippen molar-refractivity contribution in [1.29, 1.82) is 0 Å². The molecule has 1 aromatic rings. The standard InChI is InChI=1S/C18H23BrN2O2/c19-16-4-2-1-3-13(16)7-8-17(22)21-11-9-15(10-12-21)20-18(23)14-5-6-14/h1-4,14-15H,5-12H2,(H,20,23). The van der Waals surface area contributed by atoms with E-state index in [0.717, 1.165) is 49.7 Å². The summed E-state index contributed by atoms with van der Waals surface area (Å²) in [6.07, 6.45) is 5.13. The van der Waals surface area contributed by atoms with Gasteiger partial charge in [0, 0.05) is 35.9 Å². The lowest BCUT2D eigenvalue weighted by molar-refractivity contribution is -0.132. The van der Waals surface area contributed by atoms with Gasteiger partial charge in [-0.25, -0.2) is 0 Å². The lowest BCUT2D eigenvalue weighted by Crippen LogP contribution is -2.47. The van der Waals surface area contributed by atoms with Crippen LogP contribution in [0.2, 0.25) is 0 Å². The van der Waals surface area contributed by atoms with Crippen molar-refractivity contribution < 1.29 is 9.59 Å². The highest BCUT2D eigenvalue weighted by molar-refractivity contribution is 9.10. The van der Waals surface area contributed by atoms with Crippen LogP contribution in [0.4, 0.5) is 0 Å². The van der Waals surface area contributed by atoms with Crippen molar-refractivity contribution in [3.05, 3.63) is 34.3 Å². The molecule has 1 heterocycles. The molecular weight excluding hydrogens is 356 g/mol. The molecule has 124 valence electrons. The fraction of sp³-hybridized carbons (Fsp3) is 0.556. The van der Waals surface area contributed by atoms with E-state index in [1.54, 1.807) is 0 Å². The summed E-state index contributed by atoms with van der Waals surface area (Å²) < 4.78 is 1.06. The predicted molar refractivity (Wildman–Crippen MR) is 92.9 cm³/mol. The van der Waals surface area contributed by atoms with Gasteiger partial charge in [-0.3, -0.25) is 9.59 Å². The van der Waals surface area contributed by atoms with Gasteiger partial charge in [-0.15, -0.1) is 0 Å². The minimum absolute atomic E-state index is 0.212. The zero-order valence-corrected chi connectivity index (χ0v) is 14.8. The van der Waals surface area contributed by atoms with E-state index in [9.17, 15) is 9.59 Å². The van der Waals surface area contributed by atoms with Crippen molar-refractivity contribution in [2.75, 3.05) is 13.1 Å². The molecule has 1 aromatic carbocycles. The zero-order chi connectivity index (χ0) is 16.2. The van der Waals surface area contributed by atoms with Gasteiger partial charge in [-0.05, 0) is 43.7 Å². The summed E-state index contributed by atoms with van der Waals surface area (Å²) in [6, 6.07) is 8.29. The van der Waals surface area contributed by atoms with Crippen LogP contribution in [0, 0.1) is 5.92 Å². The number of rotatable bonds is 5. The second-order valence-electron chi connectivity index (χ2n) is 6.53. The number of nitrogens with zero attached hydrogens (tertiary/aromatic N) is 1. The minimum atomic E-state index is 0.212. The first kappa shape index (κ1) is 16.5. The van der Waals surface area contributed by atoms with Crippen LogP contribution in [0.25, 0.3) is 0 Å². The first-order valence-corrected chi connectivity index (χ1v) is 9.24. The van der Waals surface area contributed by atoms with Crippen LogP contribution in [-0.2, 0) is 16.0 Å². The van der Waals surface area contributed by atoms with Crippen molar-refractivity contribution in [2.24, 2.45) is 5.92 Å². The summed E-state index contributed by atoms with van der Waals surface area (Å²) in [5.41, 5.74) is 1.17. The topological polar surface area (TPSA) is 49.4 Å². The molecule has 3 rings (SSSR count). The Labute approximate surface area is 145 Å². The predicted octanol–water partition coefficient (Wildman–Crippen LogP) is 2.90. The summed E-state index contributed by atoms with van der Waals surface area (Å²) in [6.45, 7) is 1.51. The number of nitrogens with one attached hydrogen (secondary N) is 1. The number of carbonyl (C=O) groups is 2. The number of likely N-dealkylation sites (tertiary alicyclic amines) is 1. The van der Waals surface area contributed by atoms with E-state index in [2.05, 4.69) is 27.3 Å². The van der Waals surface area contributed by atoms with Gasteiger partial charge in [0.2, 0.25) is 11.8 Å². The van der Waals surface area contributed by atoms with Crippen LogP contribution >= 0.6 is 15.9 Å². The Morgan fingerprint density at radius 3 is 2.48 bits per heavy atom. The third-order valence-electron chi connectivity index (χ3n) is 4.71. The highest BCUT2D eigenvalue weighted by Gasteiger charge is 2.32. The first-order valence-electron chi connectivity index (χ1n) is 8.45. The fourth-order valence-electron chi connectivity index (χ4n) is 3.04. The summed E-state index contributed by atoms with van der Waals surface area (Å²) >= 11 is 3.52. The van der Waals surface area contributed by atoms with E-state index in [-0.39, 0.29) is 23.8 Å². The van der Waals surface area contributed by atoms with E-state index >= 15 is 0 Å². The number of carbonyl (C=O) groups excluding carboxylic acids is 2. The Morgan fingerprint density at radius 2 is 1.83 bits per heavy atom. The quantitative estimate of drug-likeness (QED) is 0.855. The Morgan fingerprint density at radius 1 is 1.13 bits per heavy atom. The van der Waals surface area contributed by atoms with E-state index in [4.69, 9.17) is 0 Å². The van der Waals surface area contributed by atoms with E-state index < -0.39 is 0 Å². The van der Waals surface area contributed by atoms with Crippen LogP contribution in [0.5, 0.6) is 0 Å². The fourth-order valence-corrected chi connectivity index (χ4v) is 3.52. The molecule has 4 nitrogen and oxygen atoms in total. The number of benzene rings is 1. The van der Waals surface area contributed by atoms with E-state index in [1.807, 2.05) is 23.1 Å². The SMILES string of the molecule is O=C(NC1CCN(C(=O)CCc2ccccc2Br)CC1)C1CC1. The molecule has 2 fully saturated rings. The first-order chi connectivity index (χ1) is 11.1. The third-order valence-corrected chi connectivity index (χ3v) is 5.48. The van der Waals surface area contributed by atoms with Crippen molar-refractivity contribution in [1.82, 2.24) is 10.2 Å². The van der Waals surface area contributed by atoms with Crippen molar-refractivity contribution in [2.45, 2.75) is 44.6 Å². The molecule has 0 spiro atoms. The summed E-state index contributed by atoms with van der Waals surface area (Å²) in [7, 11) is 0. The Bertz CT molecular complexity index is 578. The maximum absolute atomic E-state index is 12.4. The number of halogens is 1. The zero-order valence-electron chi connectivity index (χ0n) is 13.3. The summed E-state index contributed by atoms with van der Waals surface area (Å²) in [4.78, 5) is 26.1. The maximum atomic E-state index is 12.4. The number of amides is 2. The van der Waals surface area contributed by atoms with Crippen LogP contribution in [0.1, 0.15) is 37.7 Å². The Balaban J connectivity index is 1.41. The van der Waals surface area contributed by atoms with Gasteiger partial charge in [0.1, 0.15) is 0 Å². The molecule has 1 aliphatic heterocycles. The normalized spacial score (nSPS) is 18.7. The van der Waals surface area contributed by atoms with Crippen molar-refractivity contribution >= 4 is 27.7 Å². The van der Waals surface area contributed by atoms with Crippen LogP contribution in [-0.4, -0.2) is 35.8 Å². The van der Waals surface area contributed by atoms with Crippen molar-refractivity contribution in [3.63, 3.8) is 0 Å². The molecule has 2 aliphatic rings. The number of hydrogen-bond acceptors (Lipinski definition) is 2. The van der Waals surface area contributed by atoms with Gasteiger partial charge in [-0.1, -0.05) is 34.1 Å². The molecule has 0 aromatic heterocycles. The number of aryl methyl sites for hydroxylation is 1. The molecular formula is C18H23BrN2O2. The molecule has 5 heteroatoms. The summed E-state index contributed by atoms with van der Waals surface area (Å²) in [5, 5.41) is 3.12. The molecule has 1 aliphatic carbocycles. The third kappa shape index (κ3) is 4.56. The molecule has 1 saturated carbocycles. The Hall–Kier alpha value is -1.36. The largest absolute Gasteiger partial charge is 0.353 e. The highest BCUT2D eigenvalue weighted by Crippen LogP contribution is 2.29. The molecule has 0 unspecified atom stereocenters. The van der Waals surface area contributed by atoms with Gasteiger partial charge in [0.25, 0.3) is 0 Å². The van der Waals surface area contributed by atoms with Crippen LogP contribution < -0.4 is 5.32 Å². The van der Waals surface area contributed by atoms with Crippen molar-refractivity contribution in [3.8, 4) is 0 Å². The average Bonchev–Trinajstić information content (AvgIpc) is 3.39. The molecule has 0 radical (unpaired) electrons.